The molecule has 2 atom stereocenters. The second-order valence-corrected chi connectivity index (χ2v) is 25.2. The first kappa shape index (κ1) is 55.8. The van der Waals surface area contributed by atoms with Crippen molar-refractivity contribution in [3.05, 3.63) is 150 Å². The monoisotopic (exact) mass is 1110 g/mol. The number of aromatic amines is 4. The van der Waals surface area contributed by atoms with Crippen LogP contribution < -0.4 is 0 Å². The van der Waals surface area contributed by atoms with Gasteiger partial charge in [0, 0.05) is 67.1 Å². The molecule has 1 aromatic carbocycles. The van der Waals surface area contributed by atoms with Crippen LogP contribution in [0.5, 0.6) is 0 Å². The number of fused-ring (bicyclic) bond motifs is 20. The van der Waals surface area contributed by atoms with Crippen molar-refractivity contribution in [3.8, 4) is 22.5 Å². The summed E-state index contributed by atoms with van der Waals surface area (Å²) in [6.45, 7) is 27.7. The van der Waals surface area contributed by atoms with Gasteiger partial charge in [0.15, 0.2) is 0 Å². The average Bonchev–Trinajstić information content (AvgIpc) is 1.47. The second kappa shape index (κ2) is 22.6. The van der Waals surface area contributed by atoms with Gasteiger partial charge in [-0.2, -0.15) is 0 Å². The zero-order valence-electron chi connectivity index (χ0n) is 52.4. The van der Waals surface area contributed by atoms with E-state index in [1.165, 1.54) is 139 Å². The molecule has 0 radical (unpaired) electrons. The molecule has 14 rings (SSSR count). The van der Waals surface area contributed by atoms with Crippen molar-refractivity contribution in [2.75, 3.05) is 0 Å². The van der Waals surface area contributed by atoms with E-state index in [0.29, 0.717) is 0 Å². The number of H-pyrrole nitrogens is 4. The summed E-state index contributed by atoms with van der Waals surface area (Å²) in [5, 5.41) is 0. The minimum absolute atomic E-state index is 0.194. The summed E-state index contributed by atoms with van der Waals surface area (Å²) >= 11 is 0. The third-order valence-corrected chi connectivity index (χ3v) is 20.3. The molecule has 10 heterocycles. The van der Waals surface area contributed by atoms with Crippen molar-refractivity contribution in [1.82, 2.24) is 39.9 Å². The molecule has 0 unspecified atom stereocenters. The Morgan fingerprint density at radius 3 is 1.07 bits per heavy atom. The van der Waals surface area contributed by atoms with E-state index in [2.05, 4.69) is 164 Å². The summed E-state index contributed by atoms with van der Waals surface area (Å²) in [5.74, 6) is 0.390. The normalized spacial score (nSPS) is 16.1. The van der Waals surface area contributed by atoms with Crippen LogP contribution in [0.15, 0.2) is 60.7 Å². The molecule has 0 saturated heterocycles. The molecule has 4 aliphatic heterocycles. The van der Waals surface area contributed by atoms with Gasteiger partial charge in [0.1, 0.15) is 0 Å². The first-order valence-corrected chi connectivity index (χ1v) is 32.8. The Labute approximate surface area is 498 Å². The summed E-state index contributed by atoms with van der Waals surface area (Å²) in [4.78, 5) is 38.7. The highest BCUT2D eigenvalue weighted by Gasteiger charge is 2.42. The molecule has 84 heavy (non-hydrogen) atoms. The first-order valence-electron chi connectivity index (χ1n) is 32.8. The number of nitrogens with zero attached hydrogens (tertiary/aromatic N) is 4. The minimum Gasteiger partial charge on any atom is -0.355 e. The van der Waals surface area contributed by atoms with Crippen LogP contribution in [0.4, 0.5) is 0 Å². The topological polar surface area (TPSA) is 115 Å². The fraction of sp³-hybridized carbons (Fsp3) is 0.421. The van der Waals surface area contributed by atoms with Gasteiger partial charge in [-0.15, -0.1) is 0 Å². The van der Waals surface area contributed by atoms with Crippen LogP contribution in [-0.4, -0.2) is 39.9 Å². The van der Waals surface area contributed by atoms with Gasteiger partial charge in [-0.3, -0.25) is 0 Å². The highest BCUT2D eigenvalue weighted by Crippen LogP contribution is 2.58. The van der Waals surface area contributed by atoms with E-state index in [9.17, 15) is 0 Å². The number of hydrogen-bond acceptors (Lipinski definition) is 4. The number of allylic oxidation sites excluding steroid dienone is 6. The van der Waals surface area contributed by atoms with Gasteiger partial charge in [-0.05, 0) is 267 Å². The lowest BCUT2D eigenvalue weighted by Crippen LogP contribution is -2.24. The number of unbranched alkanes of at least 4 members (excludes halogenated alkanes) is 4. The maximum atomic E-state index is 5.74. The Bertz CT molecular complexity index is 4300. The Kier molecular flexibility index (Phi) is 15.0. The molecule has 432 valence electrons. The van der Waals surface area contributed by atoms with Gasteiger partial charge in [0.05, 0.1) is 45.6 Å². The SMILES string of the molecule is CCCCC1=C(C)c2cc3[nH]c(cc4nc(cc5[nH]c(cc1n2)c(CC)c5CC)C(CCCC)=C4C)c1c3[C@@H]2CC[C@H]1c1cc3c(cc12)-c1cc2nc(cc4[nH]c(cc5[nH]c(cc-3n1)c(C)c5CCCC)c(CC)c4CC)C(CCCC)=C2C. The maximum absolute atomic E-state index is 5.74. The molecule has 3 aliphatic carbocycles. The Hall–Kier alpha value is -7.32. The summed E-state index contributed by atoms with van der Waals surface area (Å²) in [7, 11) is 0. The van der Waals surface area contributed by atoms with Crippen molar-refractivity contribution in [2.24, 2.45) is 0 Å². The number of rotatable bonds is 16. The summed E-state index contributed by atoms with van der Waals surface area (Å²) < 4.78 is 0. The predicted octanol–water partition coefficient (Wildman–Crippen LogP) is 20.9. The lowest BCUT2D eigenvalue weighted by Gasteiger charge is -2.39. The lowest BCUT2D eigenvalue weighted by atomic mass is 9.63. The molecule has 0 spiro atoms. The van der Waals surface area contributed by atoms with Gasteiger partial charge < -0.3 is 19.9 Å². The molecule has 0 amide bonds. The van der Waals surface area contributed by atoms with Gasteiger partial charge in [-0.1, -0.05) is 81.1 Å². The van der Waals surface area contributed by atoms with Crippen LogP contribution in [-0.2, 0) is 32.1 Å². The fourth-order valence-electron chi connectivity index (χ4n) is 15.7. The van der Waals surface area contributed by atoms with E-state index in [1.807, 2.05) is 0 Å². The predicted molar refractivity (Wildman–Crippen MR) is 356 cm³/mol. The molecule has 0 fully saturated rings. The van der Waals surface area contributed by atoms with Crippen molar-refractivity contribution in [1.29, 1.82) is 0 Å². The number of aromatic nitrogens is 8. The van der Waals surface area contributed by atoms with Gasteiger partial charge in [-0.25, -0.2) is 19.9 Å². The van der Waals surface area contributed by atoms with E-state index in [-0.39, 0.29) is 11.8 Å². The zero-order chi connectivity index (χ0) is 58.2. The summed E-state index contributed by atoms with van der Waals surface area (Å²) in [5.41, 5.74) is 42.3. The zero-order valence-corrected chi connectivity index (χ0v) is 52.4. The van der Waals surface area contributed by atoms with E-state index in [1.54, 1.807) is 0 Å². The average molecular weight is 1110 g/mol. The largest absolute Gasteiger partial charge is 0.355 e. The van der Waals surface area contributed by atoms with Crippen LogP contribution in [0.1, 0.15) is 261 Å². The number of aryl methyl sites for hydroxylation is 6. The molecule has 6 aromatic heterocycles. The molecule has 8 heteroatoms. The highest BCUT2D eigenvalue weighted by molar-refractivity contribution is 5.98. The molecule has 7 aromatic rings. The van der Waals surface area contributed by atoms with Crippen LogP contribution >= 0.6 is 0 Å². The molecule has 8 nitrogen and oxygen atoms in total. The van der Waals surface area contributed by atoms with Crippen LogP contribution in [0.2, 0.25) is 0 Å². The molecular weight excluding hydrogens is 1020 g/mol. The van der Waals surface area contributed by atoms with E-state index in [4.69, 9.17) is 19.9 Å². The molecule has 0 saturated carbocycles. The van der Waals surface area contributed by atoms with Crippen molar-refractivity contribution in [2.45, 2.75) is 210 Å². The molecule has 4 N–H and O–H groups in total. The van der Waals surface area contributed by atoms with Gasteiger partial charge in [0.25, 0.3) is 0 Å². The Balaban J connectivity index is 1.08. The molecular formula is C76H88N8. The van der Waals surface area contributed by atoms with E-state index in [0.717, 1.165) is 167 Å². The lowest BCUT2D eigenvalue weighted by molar-refractivity contribution is 0.528. The van der Waals surface area contributed by atoms with E-state index < -0.39 is 0 Å². The number of nitrogens with one attached hydrogen (secondary N) is 4. The van der Waals surface area contributed by atoms with Crippen LogP contribution in [0.3, 0.4) is 0 Å². The molecule has 7 aliphatic rings. The fourth-order valence-corrected chi connectivity index (χ4v) is 15.7. The van der Waals surface area contributed by atoms with Crippen LogP contribution in [0.25, 0.3) is 100 Å². The second-order valence-electron chi connectivity index (χ2n) is 25.2. The van der Waals surface area contributed by atoms with Gasteiger partial charge in [0.2, 0.25) is 0 Å². The highest BCUT2D eigenvalue weighted by atomic mass is 14.8. The molecule has 18 bridgehead atoms. The summed E-state index contributed by atoms with van der Waals surface area (Å²) in [6.07, 6.45) is 19.1. The smallest absolute Gasteiger partial charge is 0.0738 e. The Morgan fingerprint density at radius 1 is 0.333 bits per heavy atom. The summed E-state index contributed by atoms with van der Waals surface area (Å²) in [6, 6.07) is 24.2. The van der Waals surface area contributed by atoms with Gasteiger partial charge >= 0.3 is 0 Å². The number of benzene rings is 1. The van der Waals surface area contributed by atoms with Crippen molar-refractivity contribution >= 4 is 77.6 Å². The number of hydrogen-bond donors (Lipinski definition) is 4. The third kappa shape index (κ3) is 9.22. The van der Waals surface area contributed by atoms with Crippen LogP contribution in [0, 0.1) is 6.92 Å². The quantitative estimate of drug-likeness (QED) is 0.0771. The maximum Gasteiger partial charge on any atom is 0.0738 e. The Morgan fingerprint density at radius 2 is 0.655 bits per heavy atom. The van der Waals surface area contributed by atoms with E-state index >= 15 is 0 Å². The van der Waals surface area contributed by atoms with Crippen molar-refractivity contribution in [3.63, 3.8) is 0 Å². The third-order valence-electron chi connectivity index (χ3n) is 20.3. The van der Waals surface area contributed by atoms with Crippen molar-refractivity contribution < 1.29 is 0 Å². The minimum atomic E-state index is 0.194. The first-order chi connectivity index (χ1) is 40.9. The standard InChI is InChI=1S/C76H88N8/c1-13-21-25-49-41(9)59-33-71-57-31-55-53-29-30-54(56(55)32-58(57)72(83-71)34-60-42(10)50(26-22-14-2)68(78-60)38-64-46(18-6)45(17-5)63(81-64)37-67(49)77-59)76-74-36-62-44(12)52(28-24-16-4)70(80-62)40-66-48(20-8)47(19-7)65(82-66)39-69-51(27-23-15-3)43(11)61(79-69)35-73(84-74)75(53)76/h31-40,53-54,77,81-82,84H,13-30H2,1-12H3/t53-,54+/m0/s1.